The molecule has 0 aromatic heterocycles. The molecule has 0 aromatic carbocycles. The number of thioether (sulfide) groups is 1. The number of rotatable bonds is 6. The summed E-state index contributed by atoms with van der Waals surface area (Å²) in [6, 6.07) is 0.571. The maximum Gasteiger partial charge on any atom is 0.0226 e. The molecule has 1 saturated carbocycles. The molecule has 2 aliphatic rings. The van der Waals surface area contributed by atoms with Crippen LogP contribution in [0.5, 0.6) is 0 Å². The van der Waals surface area contributed by atoms with Gasteiger partial charge in [-0.1, -0.05) is 6.92 Å². The van der Waals surface area contributed by atoms with Crippen molar-refractivity contribution in [2.75, 3.05) is 24.6 Å². The minimum atomic E-state index is 0.571. The highest BCUT2D eigenvalue weighted by atomic mass is 32.2. The molecule has 0 spiro atoms. The van der Waals surface area contributed by atoms with Gasteiger partial charge in [-0.15, -0.1) is 0 Å². The van der Waals surface area contributed by atoms with Crippen molar-refractivity contribution in [2.24, 2.45) is 23.5 Å². The molecule has 15 heavy (non-hydrogen) atoms. The standard InChI is InChI=1S/C12H24N2S/c1-9(10-2-3-10)7-14-12(6-13)11-4-5-15-8-11/h9-12,14H,2-8,13H2,1H3. The Bertz CT molecular complexity index is 188. The third-order valence-corrected chi connectivity index (χ3v) is 5.10. The molecule has 3 heteroatoms. The van der Waals surface area contributed by atoms with E-state index in [1.807, 2.05) is 0 Å². The average molecular weight is 228 g/mol. The second kappa shape index (κ2) is 5.55. The summed E-state index contributed by atoms with van der Waals surface area (Å²) in [4.78, 5) is 0. The second-order valence-corrected chi connectivity index (χ2v) is 6.34. The summed E-state index contributed by atoms with van der Waals surface area (Å²) >= 11 is 2.08. The normalized spacial score (nSPS) is 30.4. The maximum atomic E-state index is 5.86. The lowest BCUT2D eigenvalue weighted by atomic mass is 9.98. The van der Waals surface area contributed by atoms with Crippen LogP contribution in [0.2, 0.25) is 0 Å². The van der Waals surface area contributed by atoms with Gasteiger partial charge in [0.15, 0.2) is 0 Å². The zero-order chi connectivity index (χ0) is 10.7. The van der Waals surface area contributed by atoms with Crippen molar-refractivity contribution in [1.29, 1.82) is 0 Å². The summed E-state index contributed by atoms with van der Waals surface area (Å²) < 4.78 is 0. The van der Waals surface area contributed by atoms with E-state index >= 15 is 0 Å². The lowest BCUT2D eigenvalue weighted by Crippen LogP contribution is -2.44. The van der Waals surface area contributed by atoms with Crippen LogP contribution in [0.15, 0.2) is 0 Å². The van der Waals surface area contributed by atoms with Gasteiger partial charge in [0.05, 0.1) is 0 Å². The average Bonchev–Trinajstić information content (AvgIpc) is 2.97. The fraction of sp³-hybridized carbons (Fsp3) is 1.00. The Morgan fingerprint density at radius 2 is 2.13 bits per heavy atom. The topological polar surface area (TPSA) is 38.0 Å². The minimum Gasteiger partial charge on any atom is -0.329 e. The van der Waals surface area contributed by atoms with Crippen LogP contribution in [0, 0.1) is 17.8 Å². The minimum absolute atomic E-state index is 0.571. The highest BCUT2D eigenvalue weighted by Gasteiger charge is 2.29. The molecule has 1 aliphatic carbocycles. The molecule has 3 atom stereocenters. The first-order chi connectivity index (χ1) is 7.31. The largest absolute Gasteiger partial charge is 0.329 e. The maximum absolute atomic E-state index is 5.86. The van der Waals surface area contributed by atoms with Crippen LogP contribution < -0.4 is 11.1 Å². The quantitative estimate of drug-likeness (QED) is 0.727. The summed E-state index contributed by atoms with van der Waals surface area (Å²) in [6.45, 7) is 4.36. The fourth-order valence-corrected chi connectivity index (χ4v) is 3.82. The summed E-state index contributed by atoms with van der Waals surface area (Å²) in [5.74, 6) is 5.33. The van der Waals surface area contributed by atoms with Crippen LogP contribution >= 0.6 is 11.8 Å². The van der Waals surface area contributed by atoms with Crippen molar-refractivity contribution in [3.8, 4) is 0 Å². The van der Waals surface area contributed by atoms with E-state index in [2.05, 4.69) is 24.0 Å². The first-order valence-corrected chi connectivity index (χ1v) is 7.48. The third kappa shape index (κ3) is 3.36. The van der Waals surface area contributed by atoms with Gasteiger partial charge in [0.1, 0.15) is 0 Å². The van der Waals surface area contributed by atoms with E-state index < -0.39 is 0 Å². The molecule has 0 amide bonds. The number of hydrogen-bond donors (Lipinski definition) is 2. The number of nitrogens with two attached hydrogens (primary N) is 1. The van der Waals surface area contributed by atoms with Crippen LogP contribution in [-0.4, -0.2) is 30.6 Å². The molecule has 2 rings (SSSR count). The Balaban J connectivity index is 1.69. The van der Waals surface area contributed by atoms with Gasteiger partial charge in [-0.05, 0) is 55.1 Å². The number of nitrogens with one attached hydrogen (secondary N) is 1. The summed E-state index contributed by atoms with van der Waals surface area (Å²) in [5.41, 5.74) is 5.86. The van der Waals surface area contributed by atoms with Gasteiger partial charge in [-0.25, -0.2) is 0 Å². The smallest absolute Gasteiger partial charge is 0.0226 e. The zero-order valence-corrected chi connectivity index (χ0v) is 10.6. The fourth-order valence-electron chi connectivity index (χ4n) is 2.48. The Morgan fingerprint density at radius 1 is 1.33 bits per heavy atom. The van der Waals surface area contributed by atoms with Gasteiger partial charge in [0.2, 0.25) is 0 Å². The Morgan fingerprint density at radius 3 is 2.67 bits per heavy atom. The lowest BCUT2D eigenvalue weighted by Gasteiger charge is -2.24. The van der Waals surface area contributed by atoms with E-state index in [0.717, 1.165) is 24.3 Å². The molecular formula is C12H24N2S. The molecule has 0 bridgehead atoms. The van der Waals surface area contributed by atoms with Gasteiger partial charge < -0.3 is 11.1 Å². The van der Waals surface area contributed by atoms with Gasteiger partial charge in [0, 0.05) is 12.6 Å². The van der Waals surface area contributed by atoms with Crippen LogP contribution in [0.1, 0.15) is 26.2 Å². The Hall–Kier alpha value is 0.270. The molecule has 3 unspecified atom stereocenters. The molecule has 3 N–H and O–H groups in total. The van der Waals surface area contributed by atoms with Crippen molar-refractivity contribution in [1.82, 2.24) is 5.32 Å². The van der Waals surface area contributed by atoms with Crippen molar-refractivity contribution >= 4 is 11.8 Å². The van der Waals surface area contributed by atoms with E-state index in [1.54, 1.807) is 0 Å². The molecule has 2 nitrogen and oxygen atoms in total. The molecule has 0 radical (unpaired) electrons. The van der Waals surface area contributed by atoms with Gasteiger partial charge in [-0.2, -0.15) is 11.8 Å². The molecule has 1 heterocycles. The van der Waals surface area contributed by atoms with Crippen molar-refractivity contribution in [2.45, 2.75) is 32.2 Å². The first kappa shape index (κ1) is 11.7. The van der Waals surface area contributed by atoms with Gasteiger partial charge >= 0.3 is 0 Å². The van der Waals surface area contributed by atoms with E-state index in [-0.39, 0.29) is 0 Å². The molecule has 1 aliphatic heterocycles. The highest BCUT2D eigenvalue weighted by molar-refractivity contribution is 7.99. The molecule has 0 aromatic rings. The van der Waals surface area contributed by atoms with Gasteiger partial charge in [0.25, 0.3) is 0 Å². The predicted molar refractivity (Wildman–Crippen MR) is 68.2 cm³/mol. The number of hydrogen-bond acceptors (Lipinski definition) is 3. The third-order valence-electron chi connectivity index (χ3n) is 3.92. The predicted octanol–water partition coefficient (Wildman–Crippen LogP) is 1.70. The Labute approximate surface area is 97.8 Å². The van der Waals surface area contributed by atoms with Crippen LogP contribution in [0.25, 0.3) is 0 Å². The molecule has 1 saturated heterocycles. The highest BCUT2D eigenvalue weighted by Crippen LogP contribution is 2.36. The van der Waals surface area contributed by atoms with E-state index in [1.165, 1.54) is 37.3 Å². The van der Waals surface area contributed by atoms with E-state index in [9.17, 15) is 0 Å². The zero-order valence-electron chi connectivity index (χ0n) is 9.74. The molecule has 88 valence electrons. The second-order valence-electron chi connectivity index (χ2n) is 5.19. The Kier molecular flexibility index (Phi) is 4.35. The van der Waals surface area contributed by atoms with Crippen LogP contribution in [0.4, 0.5) is 0 Å². The van der Waals surface area contributed by atoms with Crippen LogP contribution in [-0.2, 0) is 0 Å². The molecular weight excluding hydrogens is 204 g/mol. The van der Waals surface area contributed by atoms with Crippen molar-refractivity contribution in [3.05, 3.63) is 0 Å². The monoisotopic (exact) mass is 228 g/mol. The first-order valence-electron chi connectivity index (χ1n) is 6.32. The summed E-state index contributed by atoms with van der Waals surface area (Å²) in [6.07, 6.45) is 4.27. The van der Waals surface area contributed by atoms with Crippen molar-refractivity contribution < 1.29 is 0 Å². The molecule has 2 fully saturated rings. The lowest BCUT2D eigenvalue weighted by molar-refractivity contribution is 0.350. The SMILES string of the molecule is CC(CNC(CN)C1CCSC1)C1CC1. The van der Waals surface area contributed by atoms with Crippen molar-refractivity contribution in [3.63, 3.8) is 0 Å². The summed E-state index contributed by atoms with van der Waals surface area (Å²) in [7, 11) is 0. The summed E-state index contributed by atoms with van der Waals surface area (Å²) in [5, 5.41) is 3.69. The van der Waals surface area contributed by atoms with Gasteiger partial charge in [-0.3, -0.25) is 0 Å². The van der Waals surface area contributed by atoms with Crippen LogP contribution in [0.3, 0.4) is 0 Å². The van der Waals surface area contributed by atoms with E-state index in [4.69, 9.17) is 5.73 Å². The van der Waals surface area contributed by atoms with E-state index in [0.29, 0.717) is 6.04 Å².